The van der Waals surface area contributed by atoms with Gasteiger partial charge in [-0.05, 0) is 72.8 Å². The Balaban J connectivity index is 0.000000120. The predicted molar refractivity (Wildman–Crippen MR) is 186 cm³/mol. The van der Waals surface area contributed by atoms with Crippen LogP contribution in [-0.2, 0) is 19.8 Å². The van der Waals surface area contributed by atoms with E-state index in [1.807, 2.05) is 91.0 Å². The van der Waals surface area contributed by atoms with Gasteiger partial charge in [-0.1, -0.05) is 53.0 Å². The van der Waals surface area contributed by atoms with E-state index in [2.05, 4.69) is 29.9 Å². The van der Waals surface area contributed by atoms with Crippen LogP contribution >= 0.6 is 34.8 Å². The van der Waals surface area contributed by atoms with Crippen LogP contribution in [0.25, 0.3) is 65.4 Å². The third-order valence-corrected chi connectivity index (χ3v) is 8.17. The van der Waals surface area contributed by atoms with E-state index in [0.29, 0.717) is 0 Å². The van der Waals surface area contributed by atoms with Gasteiger partial charge in [0.15, 0.2) is 0 Å². The molecule has 0 bridgehead atoms. The van der Waals surface area contributed by atoms with E-state index in [1.54, 1.807) is 37.2 Å². The predicted octanol–water partition coefficient (Wildman–Crippen LogP) is 10.3. The molecule has 6 aromatic heterocycles. The Hall–Kier alpha value is -4.37. The molecule has 0 aliphatic carbocycles. The van der Waals surface area contributed by atoms with Crippen molar-refractivity contribution in [2.75, 3.05) is 0 Å². The minimum absolute atomic E-state index is 0. The van der Waals surface area contributed by atoms with E-state index in [1.165, 1.54) is 0 Å². The topological polar surface area (TPSA) is 77.3 Å². The summed E-state index contributed by atoms with van der Waals surface area (Å²) in [6, 6.07) is 28.9. The van der Waals surface area contributed by atoms with Gasteiger partial charge in [0.05, 0.1) is 48.2 Å². The summed E-state index contributed by atoms with van der Waals surface area (Å²) in [4.78, 5) is 26.0. The molecule has 6 heterocycles. The number of pyridine rings is 6. The molecule has 0 amide bonds. The zero-order valence-electron chi connectivity index (χ0n) is 23.8. The molecule has 0 N–H and O–H groups in total. The van der Waals surface area contributed by atoms with Gasteiger partial charge in [0.25, 0.3) is 0 Å². The fourth-order valence-electron chi connectivity index (χ4n) is 5.20. The number of aromatic nitrogens is 6. The Bertz CT molecular complexity index is 2230. The first kappa shape index (κ1) is 31.6. The minimum atomic E-state index is 0. The van der Waals surface area contributed by atoms with Crippen LogP contribution in [-0.4, -0.2) is 29.9 Å². The second kappa shape index (κ2) is 13.9. The number of hydrogen-bond donors (Lipinski definition) is 0. The maximum Gasteiger partial charge on any atom is 2.00 e. The van der Waals surface area contributed by atoms with Gasteiger partial charge in [-0.15, -0.1) is 0 Å². The molecule has 0 fully saturated rings. The van der Waals surface area contributed by atoms with Crippen LogP contribution in [0.1, 0.15) is 0 Å². The van der Waals surface area contributed by atoms with Crippen molar-refractivity contribution < 1.29 is 19.8 Å². The summed E-state index contributed by atoms with van der Waals surface area (Å²) in [6.07, 6.45) is 10.6. The van der Waals surface area contributed by atoms with Gasteiger partial charge in [-0.2, -0.15) is 0 Å². The molecular formula is C36H21Cl3N6Os+2. The van der Waals surface area contributed by atoms with E-state index < -0.39 is 0 Å². The molecule has 9 rings (SSSR count). The molecule has 6 nitrogen and oxygen atoms in total. The third kappa shape index (κ3) is 6.20. The standard InChI is InChI=1S/3C12H7ClN2.Os/c3*13-10-7-8-3-1-5-14-11(8)12-9(10)4-2-6-15-12;/h3*1-7H;/q;;;+2. The largest absolute Gasteiger partial charge is 2.00 e. The number of fused-ring (bicyclic) bond motifs is 9. The second-order valence-corrected chi connectivity index (χ2v) is 11.2. The first-order valence-electron chi connectivity index (χ1n) is 13.9. The number of rotatable bonds is 0. The van der Waals surface area contributed by atoms with Crippen molar-refractivity contribution in [2.24, 2.45) is 0 Å². The van der Waals surface area contributed by atoms with Crippen LogP contribution in [0.2, 0.25) is 15.1 Å². The van der Waals surface area contributed by atoms with Crippen molar-refractivity contribution in [1.82, 2.24) is 29.9 Å². The SMILES string of the molecule is Clc1cc2cccnc2c2ncccc12.Clc1cc2cccnc2c2ncccc12.Clc1cc2cccnc2c2ncccc12.[Os+2]. The van der Waals surface area contributed by atoms with Crippen LogP contribution < -0.4 is 0 Å². The fraction of sp³-hybridized carbons (Fsp3) is 0. The Morgan fingerprint density at radius 1 is 0.326 bits per heavy atom. The molecule has 0 saturated carbocycles. The van der Waals surface area contributed by atoms with Crippen molar-refractivity contribution in [3.63, 3.8) is 0 Å². The number of halogens is 3. The van der Waals surface area contributed by atoms with Gasteiger partial charge in [0, 0.05) is 69.5 Å². The minimum Gasteiger partial charge on any atom is -0.254 e. The van der Waals surface area contributed by atoms with Crippen LogP contribution in [0, 0.1) is 0 Å². The number of nitrogens with zero attached hydrogens (tertiary/aromatic N) is 6. The normalized spacial score (nSPS) is 10.8. The van der Waals surface area contributed by atoms with Gasteiger partial charge in [0.2, 0.25) is 0 Å². The molecule has 0 spiro atoms. The first-order valence-corrected chi connectivity index (χ1v) is 15.1. The van der Waals surface area contributed by atoms with Crippen LogP contribution in [0.5, 0.6) is 0 Å². The van der Waals surface area contributed by atoms with Crippen molar-refractivity contribution in [3.05, 3.63) is 143 Å². The monoisotopic (exact) mass is 834 g/mol. The summed E-state index contributed by atoms with van der Waals surface area (Å²) in [5, 5.41) is 8.08. The van der Waals surface area contributed by atoms with E-state index in [-0.39, 0.29) is 19.8 Å². The summed E-state index contributed by atoms with van der Waals surface area (Å²) in [5.74, 6) is 0. The molecule has 0 aliphatic heterocycles. The summed E-state index contributed by atoms with van der Waals surface area (Å²) < 4.78 is 0. The smallest absolute Gasteiger partial charge is 0.254 e. The Morgan fingerprint density at radius 2 is 0.565 bits per heavy atom. The van der Waals surface area contributed by atoms with Gasteiger partial charge in [-0.3, -0.25) is 29.9 Å². The van der Waals surface area contributed by atoms with Gasteiger partial charge in [0.1, 0.15) is 0 Å². The molecule has 0 radical (unpaired) electrons. The maximum atomic E-state index is 6.17. The maximum absolute atomic E-state index is 6.17. The van der Waals surface area contributed by atoms with E-state index >= 15 is 0 Å². The quantitative estimate of drug-likeness (QED) is 0.142. The van der Waals surface area contributed by atoms with Crippen molar-refractivity contribution in [2.45, 2.75) is 0 Å². The second-order valence-electron chi connectivity index (χ2n) is 10.00. The molecule has 3 aromatic carbocycles. The third-order valence-electron chi connectivity index (χ3n) is 7.23. The van der Waals surface area contributed by atoms with Gasteiger partial charge < -0.3 is 0 Å². The molecule has 0 saturated heterocycles. The summed E-state index contributed by atoms with van der Waals surface area (Å²) >= 11 is 18.5. The molecule has 0 unspecified atom stereocenters. The van der Waals surface area contributed by atoms with Crippen LogP contribution in [0.4, 0.5) is 0 Å². The summed E-state index contributed by atoms with van der Waals surface area (Å²) in [6.45, 7) is 0. The van der Waals surface area contributed by atoms with E-state index in [0.717, 1.165) is 80.5 Å². The van der Waals surface area contributed by atoms with E-state index in [4.69, 9.17) is 34.8 Å². The van der Waals surface area contributed by atoms with Crippen molar-refractivity contribution >= 4 is 100 Å². The number of benzene rings is 3. The van der Waals surface area contributed by atoms with Crippen molar-refractivity contribution in [3.8, 4) is 0 Å². The summed E-state index contributed by atoms with van der Waals surface area (Å²) in [7, 11) is 0. The average molecular weight is 834 g/mol. The van der Waals surface area contributed by atoms with Crippen molar-refractivity contribution in [1.29, 1.82) is 0 Å². The molecule has 9 aromatic rings. The Morgan fingerprint density at radius 3 is 0.848 bits per heavy atom. The first-order chi connectivity index (χ1) is 22.1. The van der Waals surface area contributed by atoms with Gasteiger partial charge >= 0.3 is 19.8 Å². The van der Waals surface area contributed by atoms with E-state index in [9.17, 15) is 0 Å². The number of hydrogen-bond acceptors (Lipinski definition) is 6. The van der Waals surface area contributed by atoms with Crippen LogP contribution in [0.15, 0.2) is 128 Å². The summed E-state index contributed by atoms with van der Waals surface area (Å²) in [5.41, 5.74) is 5.29. The molecular weight excluding hydrogens is 813 g/mol. The van der Waals surface area contributed by atoms with Crippen LogP contribution in [0.3, 0.4) is 0 Å². The molecule has 222 valence electrons. The molecule has 0 atom stereocenters. The average Bonchev–Trinajstić information content (AvgIpc) is 3.09. The Kier molecular flexibility index (Phi) is 9.58. The zero-order chi connectivity index (χ0) is 30.8. The zero-order valence-corrected chi connectivity index (χ0v) is 28.6. The molecule has 0 aliphatic rings. The fourth-order valence-corrected chi connectivity index (χ4v) is 6.01. The molecule has 10 heteroatoms. The van der Waals surface area contributed by atoms with Gasteiger partial charge in [-0.25, -0.2) is 0 Å². The molecule has 46 heavy (non-hydrogen) atoms. The Labute approximate surface area is 291 Å².